The van der Waals surface area contributed by atoms with Crippen LogP contribution in [0.4, 0.5) is 4.39 Å². The van der Waals surface area contributed by atoms with Crippen molar-refractivity contribution in [3.63, 3.8) is 0 Å². The van der Waals surface area contributed by atoms with Gasteiger partial charge in [0.15, 0.2) is 0 Å². The highest BCUT2D eigenvalue weighted by Crippen LogP contribution is 2.34. The summed E-state index contributed by atoms with van der Waals surface area (Å²) in [7, 11) is 0. The van der Waals surface area contributed by atoms with Crippen molar-refractivity contribution >= 4 is 0 Å². The first-order valence-corrected chi connectivity index (χ1v) is 13.8. The van der Waals surface area contributed by atoms with Gasteiger partial charge in [-0.3, -0.25) is 0 Å². The fraction of sp³-hybridized carbons (Fsp3) is 0.667. The molecule has 0 bridgehead atoms. The third-order valence-electron chi connectivity index (χ3n) is 7.59. The van der Waals surface area contributed by atoms with Gasteiger partial charge in [0.1, 0.15) is 5.82 Å². The van der Waals surface area contributed by atoms with Gasteiger partial charge in [0, 0.05) is 5.56 Å². The second-order valence-electron chi connectivity index (χ2n) is 10.3. The van der Waals surface area contributed by atoms with Crippen LogP contribution in [0.15, 0.2) is 30.3 Å². The molecule has 1 aromatic carbocycles. The molecule has 0 N–H and O–H groups in total. The van der Waals surface area contributed by atoms with E-state index in [1.807, 2.05) is 18.2 Å². The van der Waals surface area contributed by atoms with Crippen molar-refractivity contribution in [1.82, 2.24) is 10.2 Å². The molecule has 1 heterocycles. The van der Waals surface area contributed by atoms with E-state index in [4.69, 9.17) is 0 Å². The van der Waals surface area contributed by atoms with Crippen LogP contribution in [0.25, 0.3) is 11.3 Å². The van der Waals surface area contributed by atoms with Crippen molar-refractivity contribution in [3.05, 3.63) is 47.4 Å². The number of hydrogen-bond donors (Lipinski definition) is 0. The lowest BCUT2D eigenvalue weighted by molar-refractivity contribution is 0.248. The summed E-state index contributed by atoms with van der Waals surface area (Å²) in [6.07, 6.45) is 20.6. The average Bonchev–Trinajstić information content (AvgIpc) is 2.84. The van der Waals surface area contributed by atoms with E-state index in [1.54, 1.807) is 6.07 Å². The van der Waals surface area contributed by atoms with Crippen molar-refractivity contribution in [3.8, 4) is 11.3 Å². The highest BCUT2D eigenvalue weighted by Gasteiger charge is 2.21. The highest BCUT2D eigenvalue weighted by molar-refractivity contribution is 5.59. The summed E-state index contributed by atoms with van der Waals surface area (Å²) < 4.78 is 14.8. The van der Waals surface area contributed by atoms with E-state index in [1.165, 1.54) is 83.5 Å². The van der Waals surface area contributed by atoms with Gasteiger partial charge in [0.05, 0.1) is 11.4 Å². The van der Waals surface area contributed by atoms with E-state index in [0.717, 1.165) is 42.4 Å². The van der Waals surface area contributed by atoms with Crippen LogP contribution in [0, 0.1) is 17.7 Å². The zero-order valence-corrected chi connectivity index (χ0v) is 21.1. The monoisotopic (exact) mass is 452 g/mol. The fourth-order valence-electron chi connectivity index (χ4n) is 5.33. The number of unbranched alkanes of at least 4 members (excludes halogenated alkanes) is 6. The quantitative estimate of drug-likeness (QED) is 0.267. The molecular weight excluding hydrogens is 407 g/mol. The van der Waals surface area contributed by atoms with Gasteiger partial charge in [-0.2, -0.15) is 10.2 Å². The van der Waals surface area contributed by atoms with E-state index < -0.39 is 0 Å². The third kappa shape index (κ3) is 8.83. The topological polar surface area (TPSA) is 25.8 Å². The first kappa shape index (κ1) is 25.8. The molecule has 3 rings (SSSR count). The Kier molecular flexibility index (Phi) is 11.3. The number of hydrogen-bond acceptors (Lipinski definition) is 2. The van der Waals surface area contributed by atoms with E-state index in [0.29, 0.717) is 11.3 Å². The lowest BCUT2D eigenvalue weighted by Gasteiger charge is -2.28. The minimum absolute atomic E-state index is 0.174. The second kappa shape index (κ2) is 14.5. The molecule has 0 spiro atoms. The first-order chi connectivity index (χ1) is 16.2. The standard InChI is InChI=1S/C30H45FN2/c1-3-5-7-8-10-11-24-13-15-25(16-14-24)17-18-26-19-21-28(29(31)23-26)30-22-20-27(32-33-30)12-9-6-4-2/h19-25H,3-18H2,1-2H3. The van der Waals surface area contributed by atoms with Crippen LogP contribution < -0.4 is 0 Å². The molecule has 3 heteroatoms. The molecule has 0 atom stereocenters. The zero-order valence-electron chi connectivity index (χ0n) is 21.1. The van der Waals surface area contributed by atoms with Crippen LogP contribution in [0.3, 0.4) is 0 Å². The minimum atomic E-state index is -0.174. The number of aromatic nitrogens is 2. The summed E-state index contributed by atoms with van der Waals surface area (Å²) in [6.45, 7) is 4.48. The first-order valence-electron chi connectivity index (χ1n) is 13.8. The number of rotatable bonds is 14. The Morgan fingerprint density at radius 3 is 2.09 bits per heavy atom. The number of benzene rings is 1. The molecule has 1 aliphatic rings. The third-order valence-corrected chi connectivity index (χ3v) is 7.59. The summed E-state index contributed by atoms with van der Waals surface area (Å²) >= 11 is 0. The summed E-state index contributed by atoms with van der Waals surface area (Å²) in [5.74, 6) is 1.60. The van der Waals surface area contributed by atoms with Crippen LogP contribution >= 0.6 is 0 Å². The smallest absolute Gasteiger partial charge is 0.132 e. The van der Waals surface area contributed by atoms with Crippen molar-refractivity contribution in [2.75, 3.05) is 0 Å². The minimum Gasteiger partial charge on any atom is -0.206 e. The predicted molar refractivity (Wildman–Crippen MR) is 138 cm³/mol. The molecule has 1 aromatic heterocycles. The Morgan fingerprint density at radius 1 is 0.727 bits per heavy atom. The molecule has 2 aromatic rings. The van der Waals surface area contributed by atoms with Crippen molar-refractivity contribution < 1.29 is 4.39 Å². The summed E-state index contributed by atoms with van der Waals surface area (Å²) in [5, 5.41) is 8.60. The molecular formula is C30H45FN2. The lowest BCUT2D eigenvalue weighted by atomic mass is 9.77. The van der Waals surface area contributed by atoms with E-state index in [2.05, 4.69) is 30.1 Å². The van der Waals surface area contributed by atoms with Crippen LogP contribution in [-0.4, -0.2) is 10.2 Å². The van der Waals surface area contributed by atoms with Crippen LogP contribution in [-0.2, 0) is 12.8 Å². The average molecular weight is 453 g/mol. The molecule has 0 aliphatic heterocycles. The normalized spacial score (nSPS) is 18.5. The Morgan fingerprint density at radius 2 is 1.42 bits per heavy atom. The maximum atomic E-state index is 14.8. The van der Waals surface area contributed by atoms with Gasteiger partial charge in [0.25, 0.3) is 0 Å². The van der Waals surface area contributed by atoms with Gasteiger partial charge in [0.2, 0.25) is 0 Å². The lowest BCUT2D eigenvalue weighted by Crippen LogP contribution is -2.15. The van der Waals surface area contributed by atoms with E-state index in [-0.39, 0.29) is 5.82 Å². The Balaban J connectivity index is 1.41. The summed E-state index contributed by atoms with van der Waals surface area (Å²) in [6, 6.07) is 9.59. The molecule has 2 nitrogen and oxygen atoms in total. The number of nitrogens with zero attached hydrogens (tertiary/aromatic N) is 2. The van der Waals surface area contributed by atoms with Crippen LogP contribution in [0.2, 0.25) is 0 Å². The molecule has 0 unspecified atom stereocenters. The largest absolute Gasteiger partial charge is 0.206 e. The molecule has 1 aliphatic carbocycles. The molecule has 1 fully saturated rings. The molecule has 0 amide bonds. The Labute approximate surface area is 201 Å². The van der Waals surface area contributed by atoms with Gasteiger partial charge in [-0.15, -0.1) is 0 Å². The number of aryl methyl sites for hydroxylation is 2. The maximum Gasteiger partial charge on any atom is 0.132 e. The maximum absolute atomic E-state index is 14.8. The van der Waals surface area contributed by atoms with Gasteiger partial charge in [-0.05, 0) is 67.3 Å². The van der Waals surface area contributed by atoms with Crippen molar-refractivity contribution in [1.29, 1.82) is 0 Å². The van der Waals surface area contributed by atoms with Gasteiger partial charge >= 0.3 is 0 Å². The Bertz CT molecular complexity index is 793. The van der Waals surface area contributed by atoms with Gasteiger partial charge in [-0.1, -0.05) is 97.0 Å². The summed E-state index contributed by atoms with van der Waals surface area (Å²) in [4.78, 5) is 0. The molecule has 33 heavy (non-hydrogen) atoms. The SMILES string of the molecule is CCCCCCCC1CCC(CCc2ccc(-c3ccc(CCCCC)nn3)c(F)c2)CC1. The molecule has 0 radical (unpaired) electrons. The van der Waals surface area contributed by atoms with E-state index in [9.17, 15) is 4.39 Å². The molecule has 182 valence electrons. The highest BCUT2D eigenvalue weighted by atomic mass is 19.1. The zero-order chi connectivity index (χ0) is 23.3. The fourth-order valence-corrected chi connectivity index (χ4v) is 5.33. The molecule has 1 saturated carbocycles. The predicted octanol–water partition coefficient (Wildman–Crippen LogP) is 9.11. The number of halogens is 1. The van der Waals surface area contributed by atoms with Crippen molar-refractivity contribution in [2.45, 2.75) is 117 Å². The van der Waals surface area contributed by atoms with Gasteiger partial charge in [-0.25, -0.2) is 4.39 Å². The molecule has 0 saturated heterocycles. The Hall–Kier alpha value is -1.77. The van der Waals surface area contributed by atoms with Crippen molar-refractivity contribution in [2.24, 2.45) is 11.8 Å². The van der Waals surface area contributed by atoms with E-state index >= 15 is 0 Å². The second-order valence-corrected chi connectivity index (χ2v) is 10.3. The van der Waals surface area contributed by atoms with Gasteiger partial charge < -0.3 is 0 Å². The summed E-state index contributed by atoms with van der Waals surface area (Å²) in [5.41, 5.74) is 3.30. The van der Waals surface area contributed by atoms with Crippen LogP contribution in [0.1, 0.15) is 115 Å². The van der Waals surface area contributed by atoms with Crippen LogP contribution in [0.5, 0.6) is 0 Å².